The standard InChI is InChI=1S/C22H22N4O2/c27-21-17-8-7-16(13-15(17)9-10-23-21)19-5-4-6-20-18(14-24-26(19)20)22(28)25-11-2-1-3-12-25/h4-8,13-14H,1-3,9-12H2,(H,23,27). The Morgan fingerprint density at radius 2 is 1.93 bits per heavy atom. The van der Waals surface area contributed by atoms with E-state index in [1.807, 2.05) is 39.7 Å². The van der Waals surface area contributed by atoms with Gasteiger partial charge in [0, 0.05) is 30.8 Å². The highest BCUT2D eigenvalue weighted by molar-refractivity contribution is 6.01. The molecule has 2 aromatic heterocycles. The minimum absolute atomic E-state index is 0.0143. The molecule has 0 radical (unpaired) electrons. The van der Waals surface area contributed by atoms with E-state index in [0.29, 0.717) is 12.1 Å². The number of aromatic nitrogens is 2. The van der Waals surface area contributed by atoms with Crippen molar-refractivity contribution in [1.82, 2.24) is 19.8 Å². The third-order valence-electron chi connectivity index (χ3n) is 5.74. The fourth-order valence-corrected chi connectivity index (χ4v) is 4.25. The second kappa shape index (κ2) is 6.78. The largest absolute Gasteiger partial charge is 0.352 e. The molecular formula is C22H22N4O2. The number of amides is 2. The summed E-state index contributed by atoms with van der Waals surface area (Å²) in [5.74, 6) is 0.0495. The predicted molar refractivity (Wildman–Crippen MR) is 106 cm³/mol. The van der Waals surface area contributed by atoms with E-state index in [0.717, 1.165) is 60.3 Å². The van der Waals surface area contributed by atoms with Gasteiger partial charge in [-0.1, -0.05) is 12.1 Å². The van der Waals surface area contributed by atoms with Crippen molar-refractivity contribution in [3.8, 4) is 11.3 Å². The lowest BCUT2D eigenvalue weighted by Gasteiger charge is -2.26. The van der Waals surface area contributed by atoms with Crippen molar-refractivity contribution in [2.75, 3.05) is 19.6 Å². The van der Waals surface area contributed by atoms with E-state index in [4.69, 9.17) is 0 Å². The molecule has 6 nitrogen and oxygen atoms in total. The van der Waals surface area contributed by atoms with Gasteiger partial charge in [-0.3, -0.25) is 9.59 Å². The average molecular weight is 374 g/mol. The van der Waals surface area contributed by atoms with E-state index >= 15 is 0 Å². The number of rotatable bonds is 2. The van der Waals surface area contributed by atoms with Crippen molar-refractivity contribution in [3.05, 3.63) is 59.3 Å². The van der Waals surface area contributed by atoms with Gasteiger partial charge >= 0.3 is 0 Å². The van der Waals surface area contributed by atoms with E-state index in [1.54, 1.807) is 6.20 Å². The molecule has 1 N–H and O–H groups in total. The maximum atomic E-state index is 13.0. The number of benzene rings is 1. The van der Waals surface area contributed by atoms with Crippen LogP contribution in [-0.4, -0.2) is 46.0 Å². The summed E-state index contributed by atoms with van der Waals surface area (Å²) in [5, 5.41) is 7.40. The van der Waals surface area contributed by atoms with Gasteiger partial charge in [0.05, 0.1) is 23.0 Å². The topological polar surface area (TPSA) is 66.7 Å². The van der Waals surface area contributed by atoms with Crippen molar-refractivity contribution in [3.63, 3.8) is 0 Å². The maximum absolute atomic E-state index is 13.0. The van der Waals surface area contributed by atoms with Crippen molar-refractivity contribution >= 4 is 17.3 Å². The first-order chi connectivity index (χ1) is 13.7. The quantitative estimate of drug-likeness (QED) is 0.750. The van der Waals surface area contributed by atoms with Gasteiger partial charge in [-0.25, -0.2) is 4.52 Å². The van der Waals surface area contributed by atoms with Crippen LogP contribution in [0.2, 0.25) is 0 Å². The molecule has 2 amide bonds. The highest BCUT2D eigenvalue weighted by Crippen LogP contribution is 2.27. The normalized spacial score (nSPS) is 16.7. The predicted octanol–water partition coefficient (Wildman–Crippen LogP) is 2.91. The number of fused-ring (bicyclic) bond motifs is 2. The number of hydrogen-bond donors (Lipinski definition) is 1. The summed E-state index contributed by atoms with van der Waals surface area (Å²) in [6.45, 7) is 2.31. The molecule has 2 aliphatic rings. The van der Waals surface area contributed by atoms with Gasteiger partial charge in [0.25, 0.3) is 11.8 Å². The number of likely N-dealkylation sites (tertiary alicyclic amines) is 1. The molecule has 0 aliphatic carbocycles. The van der Waals surface area contributed by atoms with Crippen LogP contribution in [0.3, 0.4) is 0 Å². The molecule has 3 aromatic rings. The van der Waals surface area contributed by atoms with E-state index in [2.05, 4.69) is 16.5 Å². The minimum Gasteiger partial charge on any atom is -0.352 e. The van der Waals surface area contributed by atoms with Crippen LogP contribution in [0.15, 0.2) is 42.6 Å². The third kappa shape index (κ3) is 2.76. The molecule has 0 atom stereocenters. The van der Waals surface area contributed by atoms with Gasteiger partial charge in [-0.05, 0) is 55.5 Å². The Labute approximate surface area is 163 Å². The number of nitrogens with one attached hydrogen (secondary N) is 1. The molecule has 0 unspecified atom stereocenters. The lowest BCUT2D eigenvalue weighted by Crippen LogP contribution is -2.35. The number of nitrogens with zero attached hydrogens (tertiary/aromatic N) is 3. The molecule has 0 spiro atoms. The second-order valence-electron chi connectivity index (χ2n) is 7.50. The first-order valence-electron chi connectivity index (χ1n) is 9.90. The molecule has 1 fully saturated rings. The Morgan fingerprint density at radius 3 is 2.79 bits per heavy atom. The molecule has 6 heteroatoms. The first kappa shape index (κ1) is 17.0. The number of hydrogen-bond acceptors (Lipinski definition) is 3. The van der Waals surface area contributed by atoms with Crippen molar-refractivity contribution in [2.45, 2.75) is 25.7 Å². The minimum atomic E-state index is -0.0143. The lowest BCUT2D eigenvalue weighted by atomic mass is 9.96. The number of carbonyl (C=O) groups is 2. The lowest BCUT2D eigenvalue weighted by molar-refractivity contribution is 0.0726. The highest BCUT2D eigenvalue weighted by atomic mass is 16.2. The summed E-state index contributed by atoms with van der Waals surface area (Å²) in [6.07, 6.45) is 5.83. The summed E-state index contributed by atoms with van der Waals surface area (Å²) in [7, 11) is 0. The zero-order valence-electron chi connectivity index (χ0n) is 15.6. The van der Waals surface area contributed by atoms with E-state index in [-0.39, 0.29) is 11.8 Å². The highest BCUT2D eigenvalue weighted by Gasteiger charge is 2.23. The summed E-state index contributed by atoms with van der Waals surface area (Å²) in [5.41, 5.74) is 5.19. The van der Waals surface area contributed by atoms with E-state index in [1.165, 1.54) is 6.42 Å². The molecule has 1 saturated heterocycles. The van der Waals surface area contributed by atoms with Crippen LogP contribution in [0.25, 0.3) is 16.8 Å². The van der Waals surface area contributed by atoms with Crippen molar-refractivity contribution < 1.29 is 9.59 Å². The van der Waals surface area contributed by atoms with Gasteiger partial charge in [-0.15, -0.1) is 0 Å². The van der Waals surface area contributed by atoms with Crippen molar-refractivity contribution in [1.29, 1.82) is 0 Å². The summed E-state index contributed by atoms with van der Waals surface area (Å²) < 4.78 is 1.84. The summed E-state index contributed by atoms with van der Waals surface area (Å²) in [4.78, 5) is 26.9. The molecule has 5 rings (SSSR count). The molecule has 2 aliphatic heterocycles. The molecule has 1 aromatic carbocycles. The van der Waals surface area contributed by atoms with Gasteiger partial charge in [0.2, 0.25) is 0 Å². The Morgan fingerprint density at radius 1 is 1.07 bits per heavy atom. The van der Waals surface area contributed by atoms with Crippen molar-refractivity contribution in [2.24, 2.45) is 0 Å². The van der Waals surface area contributed by atoms with Gasteiger partial charge in [-0.2, -0.15) is 5.10 Å². The van der Waals surface area contributed by atoms with E-state index < -0.39 is 0 Å². The molecule has 4 heterocycles. The zero-order valence-corrected chi connectivity index (χ0v) is 15.6. The number of carbonyl (C=O) groups excluding carboxylic acids is 2. The Hall–Kier alpha value is -3.15. The Kier molecular flexibility index (Phi) is 4.11. The van der Waals surface area contributed by atoms with E-state index in [9.17, 15) is 9.59 Å². The first-order valence-corrected chi connectivity index (χ1v) is 9.90. The fraction of sp³-hybridized carbons (Fsp3) is 0.318. The number of piperidine rings is 1. The maximum Gasteiger partial charge on any atom is 0.257 e. The molecular weight excluding hydrogens is 352 g/mol. The van der Waals surface area contributed by atoms with Crippen LogP contribution in [0.5, 0.6) is 0 Å². The SMILES string of the molecule is O=C1NCCc2cc(-c3cccc4c(C(=O)N5CCCCC5)cnn34)ccc21. The average Bonchev–Trinajstić information content (AvgIpc) is 3.18. The van der Waals surface area contributed by atoms with Crippen LogP contribution in [0.4, 0.5) is 0 Å². The number of pyridine rings is 1. The van der Waals surface area contributed by atoms with Gasteiger partial charge in [0.15, 0.2) is 0 Å². The van der Waals surface area contributed by atoms with Crippen LogP contribution < -0.4 is 5.32 Å². The molecule has 0 bridgehead atoms. The third-order valence-corrected chi connectivity index (χ3v) is 5.74. The van der Waals surface area contributed by atoms with Crippen LogP contribution in [0, 0.1) is 0 Å². The monoisotopic (exact) mass is 374 g/mol. The summed E-state index contributed by atoms with van der Waals surface area (Å²) in [6, 6.07) is 11.8. The summed E-state index contributed by atoms with van der Waals surface area (Å²) >= 11 is 0. The van der Waals surface area contributed by atoms with Gasteiger partial charge in [0.1, 0.15) is 0 Å². The second-order valence-corrected chi connectivity index (χ2v) is 7.50. The molecule has 142 valence electrons. The smallest absolute Gasteiger partial charge is 0.257 e. The Balaban J connectivity index is 1.56. The fourth-order valence-electron chi connectivity index (χ4n) is 4.25. The zero-order chi connectivity index (χ0) is 19.1. The Bertz CT molecular complexity index is 1080. The molecule has 0 saturated carbocycles. The van der Waals surface area contributed by atoms with Crippen LogP contribution in [0.1, 0.15) is 45.5 Å². The van der Waals surface area contributed by atoms with Gasteiger partial charge < -0.3 is 10.2 Å². The van der Waals surface area contributed by atoms with Crippen LogP contribution in [-0.2, 0) is 6.42 Å². The molecule has 28 heavy (non-hydrogen) atoms. The van der Waals surface area contributed by atoms with Crippen LogP contribution >= 0.6 is 0 Å².